The van der Waals surface area contributed by atoms with E-state index in [1.165, 1.54) is 0 Å². The van der Waals surface area contributed by atoms with E-state index in [1.807, 2.05) is 0 Å². The summed E-state index contributed by atoms with van der Waals surface area (Å²) in [6, 6.07) is 6.72. The van der Waals surface area contributed by atoms with Crippen LogP contribution in [0.2, 0.25) is 10.0 Å². The third-order valence-electron chi connectivity index (χ3n) is 3.45. The quantitative estimate of drug-likeness (QED) is 0.691. The summed E-state index contributed by atoms with van der Waals surface area (Å²) in [5, 5.41) is 14.4. The highest BCUT2D eigenvalue weighted by molar-refractivity contribution is 6.30. The zero-order valence-electron chi connectivity index (χ0n) is 12.6. The Morgan fingerprint density at radius 2 is 1.96 bits per heavy atom. The summed E-state index contributed by atoms with van der Waals surface area (Å²) >= 11 is 11.5. The van der Waals surface area contributed by atoms with Crippen molar-refractivity contribution in [3.8, 4) is 0 Å². The number of aliphatic hydroxyl groups excluding tert-OH is 1. The second-order valence-corrected chi connectivity index (χ2v) is 6.05. The molecular formula is C15H12Cl2N4O4. The van der Waals surface area contributed by atoms with Crippen molar-refractivity contribution in [3.05, 3.63) is 78.6 Å². The Morgan fingerprint density at radius 1 is 1.24 bits per heavy atom. The highest BCUT2D eigenvalue weighted by Crippen LogP contribution is 2.19. The van der Waals surface area contributed by atoms with Gasteiger partial charge >= 0.3 is 5.69 Å². The van der Waals surface area contributed by atoms with E-state index in [1.54, 1.807) is 24.3 Å². The molecule has 0 spiro atoms. The van der Waals surface area contributed by atoms with Crippen LogP contribution in [-0.4, -0.2) is 24.8 Å². The van der Waals surface area contributed by atoms with E-state index in [4.69, 9.17) is 27.7 Å². The number of benzene rings is 1. The minimum absolute atomic E-state index is 0.0492. The summed E-state index contributed by atoms with van der Waals surface area (Å²) < 4.78 is 5.87. The highest BCUT2D eigenvalue weighted by atomic mass is 35.5. The Balaban J connectivity index is 1.75. The first-order chi connectivity index (χ1) is 11.9. The van der Waals surface area contributed by atoms with E-state index >= 15 is 0 Å². The number of hydrogen-bond acceptors (Lipinski definition) is 6. The molecule has 0 radical (unpaired) electrons. The van der Waals surface area contributed by atoms with Gasteiger partial charge in [0.15, 0.2) is 5.82 Å². The molecule has 0 saturated heterocycles. The summed E-state index contributed by atoms with van der Waals surface area (Å²) in [7, 11) is 0. The number of aromatic amines is 1. The smallest absolute Gasteiger partial charge is 0.328 e. The molecule has 0 aliphatic rings. The summed E-state index contributed by atoms with van der Waals surface area (Å²) in [4.78, 5) is 30.0. The van der Waals surface area contributed by atoms with Crippen LogP contribution in [-0.2, 0) is 13.0 Å². The largest absolute Gasteiger partial charge is 0.388 e. The molecule has 0 fully saturated rings. The first-order valence-corrected chi connectivity index (χ1v) is 7.92. The number of nitrogens with one attached hydrogen (secondary N) is 1. The molecule has 1 aromatic carbocycles. The van der Waals surface area contributed by atoms with Gasteiger partial charge in [0.2, 0.25) is 5.89 Å². The van der Waals surface area contributed by atoms with Gasteiger partial charge in [0.25, 0.3) is 5.56 Å². The van der Waals surface area contributed by atoms with E-state index in [0.29, 0.717) is 10.6 Å². The second kappa shape index (κ2) is 7.22. The van der Waals surface area contributed by atoms with Crippen molar-refractivity contribution < 1.29 is 9.63 Å². The van der Waals surface area contributed by atoms with Gasteiger partial charge in [-0.2, -0.15) is 4.98 Å². The SMILES string of the molecule is O=c1[nH]cc(Cl)c(=O)n1Cc1nc(CC(O)c2ccc(Cl)cc2)no1. The van der Waals surface area contributed by atoms with Crippen LogP contribution in [0.1, 0.15) is 23.4 Å². The number of nitrogens with zero attached hydrogens (tertiary/aromatic N) is 3. The van der Waals surface area contributed by atoms with Crippen LogP contribution in [0.3, 0.4) is 0 Å². The third-order valence-corrected chi connectivity index (χ3v) is 3.97. The lowest BCUT2D eigenvalue weighted by Gasteiger charge is -2.08. The number of H-pyrrole nitrogens is 1. The van der Waals surface area contributed by atoms with Crippen LogP contribution in [0.5, 0.6) is 0 Å². The lowest BCUT2D eigenvalue weighted by atomic mass is 10.1. The molecule has 3 aromatic rings. The van der Waals surface area contributed by atoms with Gasteiger partial charge in [-0.1, -0.05) is 40.5 Å². The van der Waals surface area contributed by atoms with Crippen LogP contribution in [0.4, 0.5) is 0 Å². The average Bonchev–Trinajstić information content (AvgIpc) is 3.03. The predicted octanol–water partition coefficient (Wildman–Crippen LogP) is 1.55. The van der Waals surface area contributed by atoms with Gasteiger partial charge in [-0.15, -0.1) is 0 Å². The molecular weight excluding hydrogens is 371 g/mol. The molecule has 1 unspecified atom stereocenters. The zero-order chi connectivity index (χ0) is 18.0. The number of hydrogen-bond donors (Lipinski definition) is 2. The minimum atomic E-state index is -0.847. The number of halogens is 2. The summed E-state index contributed by atoms with van der Waals surface area (Å²) in [6.07, 6.45) is 0.371. The van der Waals surface area contributed by atoms with Crippen LogP contribution < -0.4 is 11.2 Å². The molecule has 8 nitrogen and oxygen atoms in total. The van der Waals surface area contributed by atoms with Gasteiger partial charge in [0.05, 0.1) is 6.10 Å². The standard InChI is InChI=1S/C15H12Cl2N4O4/c16-9-3-1-8(2-4-9)11(22)5-12-19-13(25-20-12)7-21-14(23)10(17)6-18-15(21)24/h1-4,6,11,22H,5,7H2,(H,18,24). The lowest BCUT2D eigenvalue weighted by Crippen LogP contribution is -2.35. The molecule has 0 saturated carbocycles. The first-order valence-electron chi connectivity index (χ1n) is 7.17. The minimum Gasteiger partial charge on any atom is -0.388 e. The molecule has 0 aliphatic heterocycles. The monoisotopic (exact) mass is 382 g/mol. The highest BCUT2D eigenvalue weighted by Gasteiger charge is 2.15. The van der Waals surface area contributed by atoms with Crippen LogP contribution in [0.15, 0.2) is 44.6 Å². The first kappa shape index (κ1) is 17.4. The number of aliphatic hydroxyl groups is 1. The molecule has 25 heavy (non-hydrogen) atoms. The van der Waals surface area contributed by atoms with Crippen LogP contribution in [0.25, 0.3) is 0 Å². The molecule has 2 N–H and O–H groups in total. The maximum atomic E-state index is 11.9. The second-order valence-electron chi connectivity index (χ2n) is 5.21. The normalized spacial score (nSPS) is 12.3. The van der Waals surface area contributed by atoms with Crippen molar-refractivity contribution >= 4 is 23.2 Å². The van der Waals surface area contributed by atoms with E-state index in [-0.39, 0.29) is 29.7 Å². The fourth-order valence-electron chi connectivity index (χ4n) is 2.18. The van der Waals surface area contributed by atoms with Crippen molar-refractivity contribution in [2.75, 3.05) is 0 Å². The van der Waals surface area contributed by atoms with Crippen molar-refractivity contribution in [1.29, 1.82) is 0 Å². The zero-order valence-corrected chi connectivity index (χ0v) is 14.2. The van der Waals surface area contributed by atoms with Crippen molar-refractivity contribution in [2.24, 2.45) is 0 Å². The molecule has 130 valence electrons. The van der Waals surface area contributed by atoms with E-state index < -0.39 is 17.4 Å². The van der Waals surface area contributed by atoms with Gasteiger partial charge in [-0.25, -0.2) is 9.36 Å². The van der Waals surface area contributed by atoms with Crippen molar-refractivity contribution in [3.63, 3.8) is 0 Å². The molecule has 1 atom stereocenters. The van der Waals surface area contributed by atoms with Gasteiger partial charge in [0.1, 0.15) is 11.6 Å². The molecule has 2 aromatic heterocycles. The predicted molar refractivity (Wildman–Crippen MR) is 89.8 cm³/mol. The van der Waals surface area contributed by atoms with Crippen LogP contribution >= 0.6 is 23.2 Å². The van der Waals surface area contributed by atoms with E-state index in [2.05, 4.69) is 15.1 Å². The van der Waals surface area contributed by atoms with Gasteiger partial charge in [0, 0.05) is 17.6 Å². The van der Waals surface area contributed by atoms with Gasteiger partial charge in [-0.05, 0) is 17.7 Å². The molecule has 0 bridgehead atoms. The average molecular weight is 383 g/mol. The topological polar surface area (TPSA) is 114 Å². The third kappa shape index (κ3) is 3.98. The van der Waals surface area contributed by atoms with E-state index in [0.717, 1.165) is 10.8 Å². The van der Waals surface area contributed by atoms with Gasteiger partial charge < -0.3 is 14.6 Å². The van der Waals surface area contributed by atoms with E-state index in [9.17, 15) is 14.7 Å². The molecule has 3 rings (SSSR count). The Morgan fingerprint density at radius 3 is 2.68 bits per heavy atom. The summed E-state index contributed by atoms with van der Waals surface area (Å²) in [6.45, 7) is -0.223. The maximum Gasteiger partial charge on any atom is 0.328 e. The Kier molecular flexibility index (Phi) is 5.03. The fraction of sp³-hybridized carbons (Fsp3) is 0.200. The Hall–Kier alpha value is -2.42. The Labute approximate surface area is 150 Å². The summed E-state index contributed by atoms with van der Waals surface area (Å²) in [5.74, 6) is 0.289. The molecule has 10 heteroatoms. The van der Waals surface area contributed by atoms with Gasteiger partial charge in [-0.3, -0.25) is 4.79 Å². The molecule has 2 heterocycles. The Bertz CT molecular complexity index is 994. The molecule has 0 amide bonds. The van der Waals surface area contributed by atoms with Crippen LogP contribution in [0, 0.1) is 0 Å². The fourth-order valence-corrected chi connectivity index (χ4v) is 2.46. The van der Waals surface area contributed by atoms with Crippen molar-refractivity contribution in [2.45, 2.75) is 19.1 Å². The lowest BCUT2D eigenvalue weighted by molar-refractivity contribution is 0.174. The maximum absolute atomic E-state index is 11.9. The van der Waals surface area contributed by atoms with Crippen molar-refractivity contribution in [1.82, 2.24) is 19.7 Å². The number of rotatable bonds is 5. The molecule has 0 aliphatic carbocycles. The number of aromatic nitrogens is 4. The summed E-state index contributed by atoms with van der Waals surface area (Å²) in [5.41, 5.74) is -0.653.